The smallest absolute Gasteiger partial charge is 0.339 e. The molecule has 1 aromatic carbocycles. The van der Waals surface area contributed by atoms with Crippen molar-refractivity contribution in [2.75, 3.05) is 11.9 Å². The fourth-order valence-electron chi connectivity index (χ4n) is 2.61. The Bertz CT molecular complexity index is 1000. The van der Waals surface area contributed by atoms with Crippen molar-refractivity contribution < 1.29 is 29.0 Å². The lowest BCUT2D eigenvalue weighted by Gasteiger charge is -2.14. The number of phenols is 1. The molecule has 1 aliphatic heterocycles. The number of furan rings is 1. The largest absolute Gasteiger partial charge is 0.507 e. The monoisotopic (exact) mass is 432 g/mol. The van der Waals surface area contributed by atoms with Gasteiger partial charge in [0, 0.05) is 30.8 Å². The molecule has 0 radical (unpaired) electrons. The first kappa shape index (κ1) is 20.6. The van der Waals surface area contributed by atoms with Gasteiger partial charge in [0.2, 0.25) is 5.91 Å². The maximum atomic E-state index is 12.5. The third kappa shape index (κ3) is 5.04. The third-order valence-electron chi connectivity index (χ3n) is 3.99. The maximum Gasteiger partial charge on any atom is 0.339 e. The number of carbonyl (C=O) groups excluding carboxylic acids is 2. The zero-order chi connectivity index (χ0) is 21.0. The van der Waals surface area contributed by atoms with E-state index in [2.05, 4.69) is 5.32 Å². The van der Waals surface area contributed by atoms with Gasteiger partial charge < -0.3 is 19.9 Å². The van der Waals surface area contributed by atoms with E-state index in [9.17, 15) is 19.5 Å². The number of aromatic hydroxyl groups is 1. The molecule has 0 atom stereocenters. The van der Waals surface area contributed by atoms with Gasteiger partial charge in [-0.3, -0.25) is 14.5 Å². The number of carboxylic acid groups (broad SMARTS) is 1. The minimum Gasteiger partial charge on any atom is -0.507 e. The fraction of sp³-hybridized carbons (Fsp3) is 0.158. The Hall–Kier alpha value is -3.11. The summed E-state index contributed by atoms with van der Waals surface area (Å²) in [5.74, 6) is -1.70. The predicted octanol–water partition coefficient (Wildman–Crippen LogP) is 3.30. The highest BCUT2D eigenvalue weighted by atomic mass is 32.2. The van der Waals surface area contributed by atoms with Crippen LogP contribution in [0, 0.1) is 0 Å². The highest BCUT2D eigenvalue weighted by Crippen LogP contribution is 2.32. The van der Waals surface area contributed by atoms with Crippen molar-refractivity contribution in [3.8, 4) is 5.75 Å². The summed E-state index contributed by atoms with van der Waals surface area (Å²) < 4.78 is 5.62. The van der Waals surface area contributed by atoms with Crippen molar-refractivity contribution in [1.82, 2.24) is 4.90 Å². The van der Waals surface area contributed by atoms with Crippen LogP contribution in [0.1, 0.15) is 29.0 Å². The number of anilines is 1. The van der Waals surface area contributed by atoms with E-state index in [0.717, 1.165) is 0 Å². The molecule has 1 aliphatic rings. The zero-order valence-electron chi connectivity index (χ0n) is 15.0. The number of rotatable bonds is 7. The Morgan fingerprint density at radius 3 is 2.76 bits per heavy atom. The summed E-state index contributed by atoms with van der Waals surface area (Å²) in [6, 6.07) is 7.22. The summed E-state index contributed by atoms with van der Waals surface area (Å²) in [5, 5.41) is 21.1. The molecule has 1 aromatic heterocycles. The van der Waals surface area contributed by atoms with Gasteiger partial charge >= 0.3 is 5.97 Å². The second-order valence-electron chi connectivity index (χ2n) is 6.04. The molecule has 0 unspecified atom stereocenters. The molecule has 0 aliphatic carbocycles. The number of aromatic carboxylic acids is 1. The summed E-state index contributed by atoms with van der Waals surface area (Å²) in [6.07, 6.45) is 3.64. The second kappa shape index (κ2) is 8.93. The van der Waals surface area contributed by atoms with Gasteiger partial charge in [0.15, 0.2) is 0 Å². The summed E-state index contributed by atoms with van der Waals surface area (Å²) in [7, 11) is 0. The molecule has 29 heavy (non-hydrogen) atoms. The van der Waals surface area contributed by atoms with Gasteiger partial charge in [0.25, 0.3) is 5.91 Å². The Kier molecular flexibility index (Phi) is 6.35. The van der Waals surface area contributed by atoms with Crippen molar-refractivity contribution in [3.05, 3.63) is 52.8 Å². The number of carboxylic acids is 1. The number of benzene rings is 1. The molecule has 10 heteroatoms. The summed E-state index contributed by atoms with van der Waals surface area (Å²) in [4.78, 5) is 37.3. The van der Waals surface area contributed by atoms with Crippen molar-refractivity contribution in [2.45, 2.75) is 12.8 Å². The summed E-state index contributed by atoms with van der Waals surface area (Å²) in [5.41, 5.74) is 0.0319. The first-order valence-electron chi connectivity index (χ1n) is 8.50. The lowest BCUT2D eigenvalue weighted by atomic mass is 10.2. The zero-order valence-corrected chi connectivity index (χ0v) is 16.6. The number of hydrogen-bond donors (Lipinski definition) is 3. The van der Waals surface area contributed by atoms with E-state index in [1.54, 1.807) is 18.2 Å². The molecule has 2 heterocycles. The van der Waals surface area contributed by atoms with Crippen LogP contribution in [0.25, 0.3) is 6.08 Å². The summed E-state index contributed by atoms with van der Waals surface area (Å²) in [6.45, 7) is 0.288. The van der Waals surface area contributed by atoms with E-state index in [4.69, 9.17) is 21.7 Å². The molecule has 0 bridgehead atoms. The van der Waals surface area contributed by atoms with Crippen LogP contribution in [0.2, 0.25) is 0 Å². The number of carbonyl (C=O) groups is 3. The molecule has 1 fully saturated rings. The van der Waals surface area contributed by atoms with Crippen LogP contribution in [0.3, 0.4) is 0 Å². The van der Waals surface area contributed by atoms with Gasteiger partial charge in [0.1, 0.15) is 21.4 Å². The topological polar surface area (TPSA) is 120 Å². The normalized spacial score (nSPS) is 15.2. The SMILES string of the molecule is O=C(CCCN1C(=O)/C(=C\c2ccco2)SC1=S)Nc1ccc(C(=O)O)c(O)c1. The maximum absolute atomic E-state index is 12.5. The standard InChI is InChI=1S/C19H16N2O6S2/c22-14-9-11(5-6-13(14)18(25)26)20-16(23)4-1-7-21-17(24)15(29-19(21)28)10-12-3-2-8-27-12/h2-3,5-6,8-10,22H,1,4,7H2,(H,20,23)(H,25,26)/b15-10+. The number of nitrogens with one attached hydrogen (secondary N) is 1. The number of amides is 2. The van der Waals surface area contributed by atoms with Gasteiger partial charge in [-0.25, -0.2) is 4.79 Å². The Morgan fingerprint density at radius 2 is 2.10 bits per heavy atom. The number of hydrogen-bond acceptors (Lipinski definition) is 7. The molecule has 3 N–H and O–H groups in total. The van der Waals surface area contributed by atoms with Gasteiger partial charge in [-0.2, -0.15) is 0 Å². The van der Waals surface area contributed by atoms with Crippen molar-refractivity contribution in [1.29, 1.82) is 0 Å². The lowest BCUT2D eigenvalue weighted by molar-refractivity contribution is -0.122. The molecular formula is C19H16N2O6S2. The van der Waals surface area contributed by atoms with Crippen LogP contribution in [0.4, 0.5) is 5.69 Å². The highest BCUT2D eigenvalue weighted by molar-refractivity contribution is 8.26. The van der Waals surface area contributed by atoms with Crippen LogP contribution < -0.4 is 5.32 Å². The van der Waals surface area contributed by atoms with Crippen LogP contribution in [-0.2, 0) is 9.59 Å². The second-order valence-corrected chi connectivity index (χ2v) is 7.71. The number of nitrogens with zero attached hydrogens (tertiary/aromatic N) is 1. The fourth-order valence-corrected chi connectivity index (χ4v) is 3.90. The average Bonchev–Trinajstić information content (AvgIpc) is 3.25. The van der Waals surface area contributed by atoms with Crippen molar-refractivity contribution in [2.24, 2.45) is 0 Å². The van der Waals surface area contributed by atoms with Crippen LogP contribution in [0.15, 0.2) is 45.9 Å². The van der Waals surface area contributed by atoms with E-state index in [0.29, 0.717) is 21.4 Å². The van der Waals surface area contributed by atoms with E-state index >= 15 is 0 Å². The number of thioether (sulfide) groups is 1. The Balaban J connectivity index is 1.51. The molecule has 150 valence electrons. The summed E-state index contributed by atoms with van der Waals surface area (Å²) >= 11 is 6.42. The Morgan fingerprint density at radius 1 is 1.31 bits per heavy atom. The van der Waals surface area contributed by atoms with E-state index in [1.165, 1.54) is 41.1 Å². The van der Waals surface area contributed by atoms with Crippen LogP contribution in [-0.4, -0.2) is 43.8 Å². The predicted molar refractivity (Wildman–Crippen MR) is 112 cm³/mol. The first-order valence-corrected chi connectivity index (χ1v) is 9.72. The van der Waals surface area contributed by atoms with Gasteiger partial charge in [-0.1, -0.05) is 24.0 Å². The van der Waals surface area contributed by atoms with Gasteiger partial charge in [-0.05, 0) is 30.7 Å². The van der Waals surface area contributed by atoms with Crippen LogP contribution >= 0.6 is 24.0 Å². The molecule has 0 spiro atoms. The molecule has 8 nitrogen and oxygen atoms in total. The number of thiocarbonyl (C=S) groups is 1. The van der Waals surface area contributed by atoms with Crippen molar-refractivity contribution in [3.63, 3.8) is 0 Å². The van der Waals surface area contributed by atoms with E-state index in [1.807, 2.05) is 0 Å². The highest BCUT2D eigenvalue weighted by Gasteiger charge is 2.31. The molecule has 2 aromatic rings. The Labute approximate surface area is 175 Å². The lowest BCUT2D eigenvalue weighted by Crippen LogP contribution is -2.29. The third-order valence-corrected chi connectivity index (χ3v) is 5.37. The first-order chi connectivity index (χ1) is 13.8. The molecule has 3 rings (SSSR count). The van der Waals surface area contributed by atoms with E-state index in [-0.39, 0.29) is 36.0 Å². The van der Waals surface area contributed by atoms with E-state index < -0.39 is 11.7 Å². The van der Waals surface area contributed by atoms with Gasteiger partial charge in [0.05, 0.1) is 11.2 Å². The molecular weight excluding hydrogens is 416 g/mol. The molecule has 1 saturated heterocycles. The molecule has 2 amide bonds. The van der Waals surface area contributed by atoms with Crippen LogP contribution in [0.5, 0.6) is 5.75 Å². The van der Waals surface area contributed by atoms with Crippen molar-refractivity contribution >= 4 is 57.8 Å². The molecule has 0 saturated carbocycles. The minimum absolute atomic E-state index is 0.121. The average molecular weight is 432 g/mol. The minimum atomic E-state index is -1.26. The quantitative estimate of drug-likeness (QED) is 0.450. The van der Waals surface area contributed by atoms with Gasteiger partial charge in [-0.15, -0.1) is 0 Å².